The van der Waals surface area contributed by atoms with Crippen molar-refractivity contribution in [1.29, 1.82) is 0 Å². The Morgan fingerprint density at radius 3 is 1.09 bits per heavy atom. The fourth-order valence-corrected chi connectivity index (χ4v) is 5.49. The Hall–Kier alpha value is -2.36. The molecule has 0 fully saturated rings. The lowest BCUT2D eigenvalue weighted by molar-refractivity contribution is -0.215. The summed E-state index contributed by atoms with van der Waals surface area (Å²) in [4.78, 5) is 0. The molecule has 2 unspecified atom stereocenters. The molecule has 0 radical (unpaired) electrons. The van der Waals surface area contributed by atoms with Gasteiger partial charge in [0.25, 0.3) is 0 Å². The van der Waals surface area contributed by atoms with Crippen LogP contribution in [0.5, 0.6) is 0 Å². The van der Waals surface area contributed by atoms with Crippen LogP contribution in [0.4, 0.5) is 0 Å². The van der Waals surface area contributed by atoms with Gasteiger partial charge in [-0.2, -0.15) is 0 Å². The van der Waals surface area contributed by atoms with Crippen molar-refractivity contribution in [2.45, 2.75) is 169 Å². The number of unbranched alkanes of at least 4 members (excludes halogenated alkanes) is 8. The second kappa shape index (κ2) is 34.2. The van der Waals surface area contributed by atoms with E-state index >= 15 is 0 Å². The van der Waals surface area contributed by atoms with Crippen LogP contribution in [0.15, 0.2) is 85.0 Å². The Kier molecular flexibility index (Phi) is 30.2. The summed E-state index contributed by atoms with van der Waals surface area (Å²) in [7, 11) is 0. The minimum atomic E-state index is -0.619. The standard InChI is InChI=1S/C46H74O7/c1-5-9-23-35-47-43(48-36-24-10-6-2)31-19-21-33-45(51-39-41-27-15-13-16-28-41)53-46(52-40-42-29-17-14-18-30-42)34-22-20-32-44(49-37-25-11-7-3)50-38-26-12-8-4/h13-18,21-22,27-30,33-34,43-46H,5-12,19-20,23-26,31-32,35-40H2,1-4H3. The monoisotopic (exact) mass is 739 g/mol. The van der Waals surface area contributed by atoms with Crippen molar-refractivity contribution in [1.82, 2.24) is 0 Å². The smallest absolute Gasteiger partial charge is 0.180 e. The molecule has 53 heavy (non-hydrogen) atoms. The zero-order chi connectivity index (χ0) is 37.9. The summed E-state index contributed by atoms with van der Waals surface area (Å²) < 4.78 is 43.8. The van der Waals surface area contributed by atoms with Crippen molar-refractivity contribution < 1.29 is 33.2 Å². The van der Waals surface area contributed by atoms with Gasteiger partial charge in [0.1, 0.15) is 0 Å². The second-order valence-corrected chi connectivity index (χ2v) is 13.6. The Balaban J connectivity index is 2.11. The van der Waals surface area contributed by atoms with E-state index in [1.165, 1.54) is 51.4 Å². The van der Waals surface area contributed by atoms with Gasteiger partial charge in [-0.3, -0.25) is 0 Å². The fourth-order valence-electron chi connectivity index (χ4n) is 5.49. The Labute approximate surface area is 323 Å². The van der Waals surface area contributed by atoms with Crippen molar-refractivity contribution in [3.05, 3.63) is 96.1 Å². The highest BCUT2D eigenvalue weighted by Crippen LogP contribution is 2.16. The van der Waals surface area contributed by atoms with Crippen LogP contribution >= 0.6 is 0 Å². The van der Waals surface area contributed by atoms with E-state index in [0.717, 1.165) is 88.9 Å². The zero-order valence-electron chi connectivity index (χ0n) is 33.8. The van der Waals surface area contributed by atoms with E-state index in [1.807, 2.05) is 48.6 Å². The summed E-state index contributed by atoms with van der Waals surface area (Å²) in [5, 5.41) is 0. The molecule has 2 atom stereocenters. The van der Waals surface area contributed by atoms with Crippen LogP contribution in [0.25, 0.3) is 0 Å². The molecule has 7 heteroatoms. The molecule has 300 valence electrons. The van der Waals surface area contributed by atoms with Gasteiger partial charge in [-0.25, -0.2) is 0 Å². The highest BCUT2D eigenvalue weighted by Gasteiger charge is 2.16. The molecule has 0 saturated carbocycles. The Bertz CT molecular complexity index is 998. The Morgan fingerprint density at radius 1 is 0.434 bits per heavy atom. The van der Waals surface area contributed by atoms with Gasteiger partial charge in [0.2, 0.25) is 0 Å². The molecular weight excluding hydrogens is 664 g/mol. The average molecular weight is 739 g/mol. The number of ether oxygens (including phenoxy) is 7. The highest BCUT2D eigenvalue weighted by molar-refractivity contribution is 5.14. The topological polar surface area (TPSA) is 64.6 Å². The third-order valence-electron chi connectivity index (χ3n) is 8.71. The molecule has 0 bridgehead atoms. The largest absolute Gasteiger partial charge is 0.353 e. The third kappa shape index (κ3) is 26.1. The first-order chi connectivity index (χ1) is 26.2. The normalized spacial score (nSPS) is 13.2. The van der Waals surface area contributed by atoms with E-state index in [4.69, 9.17) is 33.2 Å². The van der Waals surface area contributed by atoms with E-state index in [9.17, 15) is 0 Å². The summed E-state index contributed by atoms with van der Waals surface area (Å²) in [6.07, 6.45) is 23.3. The summed E-state index contributed by atoms with van der Waals surface area (Å²) in [5.41, 5.74) is 2.16. The molecule has 0 aliphatic rings. The van der Waals surface area contributed by atoms with Crippen molar-refractivity contribution in [2.75, 3.05) is 26.4 Å². The molecule has 0 aromatic heterocycles. The van der Waals surface area contributed by atoms with E-state index in [1.54, 1.807) is 0 Å². The molecule has 0 amide bonds. The zero-order valence-corrected chi connectivity index (χ0v) is 33.8. The lowest BCUT2D eigenvalue weighted by atomic mass is 10.2. The van der Waals surface area contributed by atoms with Gasteiger partial charge in [-0.05, 0) is 61.8 Å². The lowest BCUT2D eigenvalue weighted by Crippen LogP contribution is -2.24. The van der Waals surface area contributed by atoms with Gasteiger partial charge in [-0.1, -0.05) is 152 Å². The van der Waals surface area contributed by atoms with Crippen molar-refractivity contribution >= 4 is 0 Å². The first-order valence-corrected chi connectivity index (χ1v) is 20.9. The molecule has 0 N–H and O–H groups in total. The van der Waals surface area contributed by atoms with Gasteiger partial charge in [0.05, 0.1) is 13.2 Å². The van der Waals surface area contributed by atoms with Crippen LogP contribution in [-0.2, 0) is 46.4 Å². The molecular formula is C46H74O7. The number of benzene rings is 2. The van der Waals surface area contributed by atoms with Crippen LogP contribution in [0.1, 0.15) is 142 Å². The maximum atomic E-state index is 6.53. The fraction of sp³-hybridized carbons (Fsp3) is 0.652. The van der Waals surface area contributed by atoms with Crippen molar-refractivity contribution in [2.24, 2.45) is 0 Å². The molecule has 2 aromatic carbocycles. The first-order valence-electron chi connectivity index (χ1n) is 20.9. The molecule has 0 spiro atoms. The van der Waals surface area contributed by atoms with E-state index in [-0.39, 0.29) is 12.6 Å². The van der Waals surface area contributed by atoms with Gasteiger partial charge in [0, 0.05) is 39.3 Å². The molecule has 0 aliphatic heterocycles. The predicted molar refractivity (Wildman–Crippen MR) is 217 cm³/mol. The van der Waals surface area contributed by atoms with Crippen LogP contribution < -0.4 is 0 Å². The van der Waals surface area contributed by atoms with Gasteiger partial charge in [0.15, 0.2) is 25.2 Å². The van der Waals surface area contributed by atoms with Crippen LogP contribution in [0.2, 0.25) is 0 Å². The van der Waals surface area contributed by atoms with Gasteiger partial charge < -0.3 is 33.2 Å². The number of hydrogen-bond acceptors (Lipinski definition) is 7. The molecule has 0 saturated heterocycles. The van der Waals surface area contributed by atoms with Gasteiger partial charge >= 0.3 is 0 Å². The molecule has 7 nitrogen and oxygen atoms in total. The van der Waals surface area contributed by atoms with E-state index in [0.29, 0.717) is 13.2 Å². The number of rotatable bonds is 36. The van der Waals surface area contributed by atoms with Crippen LogP contribution in [-0.4, -0.2) is 51.6 Å². The average Bonchev–Trinajstić information content (AvgIpc) is 3.19. The predicted octanol–water partition coefficient (Wildman–Crippen LogP) is 12.2. The third-order valence-corrected chi connectivity index (χ3v) is 8.71. The summed E-state index contributed by atoms with van der Waals surface area (Å²) >= 11 is 0. The molecule has 0 heterocycles. The molecule has 2 rings (SSSR count). The molecule has 0 aliphatic carbocycles. The Morgan fingerprint density at radius 2 is 0.774 bits per heavy atom. The maximum absolute atomic E-state index is 6.53. The second-order valence-electron chi connectivity index (χ2n) is 13.6. The molecule has 2 aromatic rings. The number of hydrogen-bond donors (Lipinski definition) is 0. The van der Waals surface area contributed by atoms with Crippen molar-refractivity contribution in [3.8, 4) is 0 Å². The quantitative estimate of drug-likeness (QED) is 0.0392. The summed E-state index contributed by atoms with van der Waals surface area (Å²) in [6, 6.07) is 20.4. The first kappa shape index (κ1) is 46.8. The maximum Gasteiger partial charge on any atom is 0.180 e. The minimum absolute atomic E-state index is 0.210. The highest BCUT2D eigenvalue weighted by atomic mass is 16.8. The van der Waals surface area contributed by atoms with Gasteiger partial charge in [-0.15, -0.1) is 0 Å². The lowest BCUT2D eigenvalue weighted by Gasteiger charge is -2.22. The number of allylic oxidation sites excluding steroid dienone is 2. The SMILES string of the molecule is CCCCCOC(CCC=CC(OCc1ccccc1)OC(C=CCCC(OCCCCC)OCCCCC)OCc1ccccc1)OCCCCC. The van der Waals surface area contributed by atoms with E-state index < -0.39 is 12.6 Å². The summed E-state index contributed by atoms with van der Waals surface area (Å²) in [6.45, 7) is 12.6. The van der Waals surface area contributed by atoms with Crippen LogP contribution in [0, 0.1) is 0 Å². The van der Waals surface area contributed by atoms with Crippen LogP contribution in [0.3, 0.4) is 0 Å². The van der Waals surface area contributed by atoms with Crippen molar-refractivity contribution in [3.63, 3.8) is 0 Å². The van der Waals surface area contributed by atoms with E-state index in [2.05, 4.69) is 64.1 Å². The minimum Gasteiger partial charge on any atom is -0.353 e. The summed E-state index contributed by atoms with van der Waals surface area (Å²) in [5.74, 6) is 0.